The molecule has 1 saturated heterocycles. The maximum Gasteiger partial charge on any atom is 0.224 e. The molecule has 1 saturated carbocycles. The van der Waals surface area contributed by atoms with Crippen LogP contribution in [0.5, 0.6) is 0 Å². The number of likely N-dealkylation sites (tertiary alicyclic amines) is 1. The Hall–Kier alpha value is -0.610. The van der Waals surface area contributed by atoms with E-state index in [2.05, 4.69) is 31.0 Å². The zero-order chi connectivity index (χ0) is 15.5. The molecule has 3 N–H and O–H groups in total. The first-order valence-corrected chi connectivity index (χ1v) is 8.63. The summed E-state index contributed by atoms with van der Waals surface area (Å²) < 4.78 is 0. The third-order valence-electron chi connectivity index (χ3n) is 5.15. The van der Waals surface area contributed by atoms with Crippen LogP contribution < -0.4 is 11.1 Å². The smallest absolute Gasteiger partial charge is 0.224 e. The zero-order valence-electron chi connectivity index (χ0n) is 14.0. The highest BCUT2D eigenvalue weighted by Gasteiger charge is 2.37. The number of amides is 1. The van der Waals surface area contributed by atoms with Crippen molar-refractivity contribution < 1.29 is 4.79 Å². The van der Waals surface area contributed by atoms with Crippen molar-refractivity contribution in [2.75, 3.05) is 26.2 Å². The van der Waals surface area contributed by atoms with Crippen molar-refractivity contribution >= 4 is 5.91 Å². The van der Waals surface area contributed by atoms with Crippen molar-refractivity contribution in [3.05, 3.63) is 0 Å². The summed E-state index contributed by atoms with van der Waals surface area (Å²) in [6.45, 7) is 10.4. The van der Waals surface area contributed by atoms with E-state index in [0.717, 1.165) is 31.8 Å². The highest BCUT2D eigenvalue weighted by atomic mass is 16.1. The molecule has 4 nitrogen and oxygen atoms in total. The minimum atomic E-state index is 0.158. The number of piperidine rings is 1. The van der Waals surface area contributed by atoms with E-state index in [0.29, 0.717) is 24.5 Å². The lowest BCUT2D eigenvalue weighted by Gasteiger charge is -2.46. The molecule has 3 unspecified atom stereocenters. The third-order valence-corrected chi connectivity index (χ3v) is 5.15. The molecular weight excluding hydrogens is 262 g/mol. The summed E-state index contributed by atoms with van der Waals surface area (Å²) in [7, 11) is 0. The summed E-state index contributed by atoms with van der Waals surface area (Å²) in [4.78, 5) is 14.8. The first-order chi connectivity index (χ1) is 9.91. The molecule has 122 valence electrons. The molecule has 0 aromatic rings. The van der Waals surface area contributed by atoms with Gasteiger partial charge in [0.25, 0.3) is 0 Å². The van der Waals surface area contributed by atoms with Gasteiger partial charge in [-0.25, -0.2) is 0 Å². The van der Waals surface area contributed by atoms with Crippen LogP contribution in [0.15, 0.2) is 0 Å². The molecular formula is C17H33N3O. The van der Waals surface area contributed by atoms with Crippen LogP contribution in [0.2, 0.25) is 0 Å². The van der Waals surface area contributed by atoms with Gasteiger partial charge < -0.3 is 11.1 Å². The topological polar surface area (TPSA) is 58.4 Å². The molecule has 0 aromatic carbocycles. The second kappa shape index (κ2) is 7.10. The summed E-state index contributed by atoms with van der Waals surface area (Å²) in [5, 5.41) is 2.96. The molecule has 2 fully saturated rings. The van der Waals surface area contributed by atoms with E-state index in [4.69, 9.17) is 5.73 Å². The number of nitrogens with zero attached hydrogens (tertiary/aromatic N) is 1. The van der Waals surface area contributed by atoms with Gasteiger partial charge in [-0.1, -0.05) is 20.8 Å². The molecule has 3 atom stereocenters. The molecule has 0 bridgehead atoms. The zero-order valence-corrected chi connectivity index (χ0v) is 14.0. The lowest BCUT2D eigenvalue weighted by molar-refractivity contribution is -0.127. The Morgan fingerprint density at radius 2 is 2.14 bits per heavy atom. The van der Waals surface area contributed by atoms with Crippen LogP contribution in [0.3, 0.4) is 0 Å². The second-order valence-corrected chi connectivity index (χ2v) is 7.98. The molecule has 2 aliphatic rings. The monoisotopic (exact) mass is 295 g/mol. The van der Waals surface area contributed by atoms with Crippen LogP contribution in [0, 0.1) is 17.3 Å². The van der Waals surface area contributed by atoms with Crippen molar-refractivity contribution in [1.29, 1.82) is 0 Å². The van der Waals surface area contributed by atoms with Crippen molar-refractivity contribution in [2.45, 2.75) is 58.9 Å². The Kier molecular flexibility index (Phi) is 5.67. The van der Waals surface area contributed by atoms with Gasteiger partial charge in [0.05, 0.1) is 5.92 Å². The molecule has 21 heavy (non-hydrogen) atoms. The van der Waals surface area contributed by atoms with Gasteiger partial charge in [-0.15, -0.1) is 0 Å². The van der Waals surface area contributed by atoms with Gasteiger partial charge >= 0.3 is 0 Å². The Balaban J connectivity index is 1.92. The van der Waals surface area contributed by atoms with Gasteiger partial charge in [-0.2, -0.15) is 0 Å². The van der Waals surface area contributed by atoms with E-state index in [9.17, 15) is 4.79 Å². The van der Waals surface area contributed by atoms with Crippen molar-refractivity contribution in [3.63, 3.8) is 0 Å². The van der Waals surface area contributed by atoms with Crippen molar-refractivity contribution in [3.8, 4) is 0 Å². The molecule has 2 rings (SSSR count). The van der Waals surface area contributed by atoms with Crippen molar-refractivity contribution in [1.82, 2.24) is 10.2 Å². The summed E-state index contributed by atoms with van der Waals surface area (Å²) in [5.41, 5.74) is 5.91. The molecule has 1 amide bonds. The fourth-order valence-corrected chi connectivity index (χ4v) is 4.47. The predicted molar refractivity (Wildman–Crippen MR) is 86.9 cm³/mol. The number of carbonyl (C=O) groups excluding carboxylic acids is 1. The molecule has 0 aromatic heterocycles. The maximum atomic E-state index is 12.2. The van der Waals surface area contributed by atoms with E-state index in [1.165, 1.54) is 19.3 Å². The number of hydrogen-bond donors (Lipinski definition) is 2. The summed E-state index contributed by atoms with van der Waals surface area (Å²) in [5.74, 6) is 1.16. The summed E-state index contributed by atoms with van der Waals surface area (Å²) in [6.07, 6.45) is 6.07. The van der Waals surface area contributed by atoms with E-state index < -0.39 is 0 Å². The van der Waals surface area contributed by atoms with Gasteiger partial charge in [0.1, 0.15) is 0 Å². The Labute approximate surface area is 129 Å². The molecule has 0 radical (unpaired) electrons. The lowest BCUT2D eigenvalue weighted by atomic mass is 9.70. The van der Waals surface area contributed by atoms with Gasteiger partial charge in [0, 0.05) is 25.7 Å². The number of nitrogens with two attached hydrogens (primary N) is 1. The Morgan fingerprint density at radius 1 is 1.38 bits per heavy atom. The average Bonchev–Trinajstić information content (AvgIpc) is 2.42. The molecule has 1 heterocycles. The van der Waals surface area contributed by atoms with E-state index in [1.807, 2.05) is 0 Å². The fourth-order valence-electron chi connectivity index (χ4n) is 4.47. The molecule has 4 heteroatoms. The van der Waals surface area contributed by atoms with Crippen LogP contribution in [-0.4, -0.2) is 43.0 Å². The normalized spacial score (nSPS) is 33.6. The predicted octanol–water partition coefficient (Wildman–Crippen LogP) is 1.99. The largest absolute Gasteiger partial charge is 0.355 e. The number of carbonyl (C=O) groups is 1. The van der Waals surface area contributed by atoms with Crippen LogP contribution in [0.4, 0.5) is 0 Å². The minimum Gasteiger partial charge on any atom is -0.355 e. The first-order valence-electron chi connectivity index (χ1n) is 8.63. The van der Waals surface area contributed by atoms with E-state index in [-0.39, 0.29) is 11.8 Å². The van der Waals surface area contributed by atoms with Crippen LogP contribution >= 0.6 is 0 Å². The van der Waals surface area contributed by atoms with Gasteiger partial charge in [0.2, 0.25) is 5.91 Å². The van der Waals surface area contributed by atoms with Crippen molar-refractivity contribution in [2.24, 2.45) is 23.0 Å². The average molecular weight is 295 g/mol. The fraction of sp³-hybridized carbons (Fsp3) is 0.941. The Bertz CT molecular complexity index is 356. The van der Waals surface area contributed by atoms with Crippen LogP contribution in [-0.2, 0) is 4.79 Å². The highest BCUT2D eigenvalue weighted by Crippen LogP contribution is 2.41. The second-order valence-electron chi connectivity index (χ2n) is 7.98. The molecule has 1 aliphatic heterocycles. The van der Waals surface area contributed by atoms with E-state index >= 15 is 0 Å². The van der Waals surface area contributed by atoms with Gasteiger partial charge in [0.15, 0.2) is 0 Å². The highest BCUT2D eigenvalue weighted by molar-refractivity contribution is 5.78. The standard InChI is InChI=1S/C17H33N3O/c1-13-9-15(11-17(2,3)10-13)20-8-4-5-14(12-20)16(21)19-7-6-18/h13-15H,4-12,18H2,1-3H3,(H,19,21). The quantitative estimate of drug-likeness (QED) is 0.834. The maximum absolute atomic E-state index is 12.2. The summed E-state index contributed by atoms with van der Waals surface area (Å²) >= 11 is 0. The number of nitrogens with one attached hydrogen (secondary N) is 1. The lowest BCUT2D eigenvalue weighted by Crippen LogP contribution is -2.50. The number of hydrogen-bond acceptors (Lipinski definition) is 3. The van der Waals surface area contributed by atoms with E-state index in [1.54, 1.807) is 0 Å². The Morgan fingerprint density at radius 3 is 2.81 bits per heavy atom. The van der Waals surface area contributed by atoms with Gasteiger partial charge in [-0.05, 0) is 50.0 Å². The third kappa shape index (κ3) is 4.68. The number of rotatable bonds is 4. The molecule has 1 aliphatic carbocycles. The minimum absolute atomic E-state index is 0.158. The summed E-state index contributed by atoms with van der Waals surface area (Å²) in [6, 6.07) is 0.661. The van der Waals surface area contributed by atoms with Crippen LogP contribution in [0.1, 0.15) is 52.9 Å². The SMILES string of the molecule is CC1CC(N2CCCC(C(=O)NCCN)C2)CC(C)(C)C1. The van der Waals surface area contributed by atoms with Gasteiger partial charge in [-0.3, -0.25) is 9.69 Å². The molecule has 0 spiro atoms. The first kappa shape index (κ1) is 16.8. The van der Waals surface area contributed by atoms with Crippen LogP contribution in [0.25, 0.3) is 0 Å².